The lowest BCUT2D eigenvalue weighted by Crippen LogP contribution is -2.42. The minimum Gasteiger partial charge on any atom is -0.378 e. The van der Waals surface area contributed by atoms with Gasteiger partial charge in [0, 0.05) is 25.5 Å². The van der Waals surface area contributed by atoms with Crippen molar-refractivity contribution in [3.8, 4) is 0 Å². The van der Waals surface area contributed by atoms with Crippen molar-refractivity contribution in [2.45, 2.75) is 71.9 Å². The minimum absolute atomic E-state index is 0.165. The zero-order valence-electron chi connectivity index (χ0n) is 13.8. The molecule has 1 N–H and O–H groups in total. The summed E-state index contributed by atoms with van der Waals surface area (Å²) < 4.78 is 11.0. The van der Waals surface area contributed by atoms with Crippen molar-refractivity contribution in [1.29, 1.82) is 0 Å². The average molecular weight is 295 g/mol. The van der Waals surface area contributed by atoms with Crippen molar-refractivity contribution in [1.82, 2.24) is 15.5 Å². The summed E-state index contributed by atoms with van der Waals surface area (Å²) in [5.41, 5.74) is 0.165. The maximum Gasteiger partial charge on any atom is 0.228 e. The molecule has 2 unspecified atom stereocenters. The summed E-state index contributed by atoms with van der Waals surface area (Å²) in [7, 11) is 0. The van der Waals surface area contributed by atoms with Crippen LogP contribution in [0.25, 0.3) is 0 Å². The molecule has 5 heteroatoms. The van der Waals surface area contributed by atoms with Crippen LogP contribution in [-0.2, 0) is 17.6 Å². The molecule has 0 bridgehead atoms. The highest BCUT2D eigenvalue weighted by atomic mass is 16.5. The van der Waals surface area contributed by atoms with Gasteiger partial charge in [0.1, 0.15) is 0 Å². The molecule has 1 aliphatic heterocycles. The number of rotatable bonds is 7. The maximum atomic E-state index is 5.62. The van der Waals surface area contributed by atoms with Gasteiger partial charge in [-0.15, -0.1) is 0 Å². The zero-order chi connectivity index (χ0) is 15.3. The number of hydrogen-bond acceptors (Lipinski definition) is 5. The summed E-state index contributed by atoms with van der Waals surface area (Å²) in [6.07, 6.45) is 5.19. The lowest BCUT2D eigenvalue weighted by atomic mass is 9.84. The molecular formula is C16H29N3O2. The normalized spacial score (nSPS) is 20.9. The van der Waals surface area contributed by atoms with E-state index < -0.39 is 0 Å². The highest BCUT2D eigenvalue weighted by molar-refractivity contribution is 4.94. The standard InChI is InChI=1S/C16H29N3O2/c1-5-8-17-13(16(2,3)4)11-15-18-14(19-21-15)10-12-7-6-9-20-12/h12-13,17H,5-11H2,1-4H3. The second-order valence-corrected chi connectivity index (χ2v) is 7.02. The van der Waals surface area contributed by atoms with Gasteiger partial charge in [0.2, 0.25) is 5.89 Å². The first-order valence-corrected chi connectivity index (χ1v) is 8.15. The van der Waals surface area contributed by atoms with E-state index >= 15 is 0 Å². The Morgan fingerprint density at radius 1 is 1.38 bits per heavy atom. The molecular weight excluding hydrogens is 266 g/mol. The van der Waals surface area contributed by atoms with E-state index in [1.165, 1.54) is 0 Å². The van der Waals surface area contributed by atoms with Gasteiger partial charge in [-0.05, 0) is 31.2 Å². The lowest BCUT2D eigenvalue weighted by molar-refractivity contribution is 0.109. The fourth-order valence-corrected chi connectivity index (χ4v) is 2.64. The Morgan fingerprint density at radius 2 is 2.19 bits per heavy atom. The summed E-state index contributed by atoms with van der Waals surface area (Å²) in [4.78, 5) is 4.54. The third-order valence-electron chi connectivity index (χ3n) is 4.01. The van der Waals surface area contributed by atoms with Crippen LogP contribution in [-0.4, -0.2) is 35.4 Å². The van der Waals surface area contributed by atoms with Gasteiger partial charge in [0.05, 0.1) is 6.10 Å². The van der Waals surface area contributed by atoms with E-state index in [2.05, 4.69) is 43.2 Å². The van der Waals surface area contributed by atoms with Crippen LogP contribution in [0, 0.1) is 5.41 Å². The molecule has 1 fully saturated rings. The summed E-state index contributed by atoms with van der Waals surface area (Å²) in [6, 6.07) is 0.341. The van der Waals surface area contributed by atoms with Gasteiger partial charge < -0.3 is 14.6 Å². The van der Waals surface area contributed by atoms with Crippen molar-refractivity contribution < 1.29 is 9.26 Å². The molecule has 0 aliphatic carbocycles. The molecule has 0 spiro atoms. The monoisotopic (exact) mass is 295 g/mol. The molecule has 21 heavy (non-hydrogen) atoms. The van der Waals surface area contributed by atoms with Crippen molar-refractivity contribution >= 4 is 0 Å². The molecule has 2 atom stereocenters. The topological polar surface area (TPSA) is 60.2 Å². The van der Waals surface area contributed by atoms with Crippen LogP contribution in [0.2, 0.25) is 0 Å². The average Bonchev–Trinajstić information content (AvgIpc) is 3.05. The Labute approximate surface area is 127 Å². The first-order valence-electron chi connectivity index (χ1n) is 8.15. The lowest BCUT2D eigenvalue weighted by Gasteiger charge is -2.30. The number of aromatic nitrogens is 2. The van der Waals surface area contributed by atoms with Gasteiger partial charge >= 0.3 is 0 Å². The Bertz CT molecular complexity index is 419. The van der Waals surface area contributed by atoms with Gasteiger partial charge in [-0.25, -0.2) is 0 Å². The largest absolute Gasteiger partial charge is 0.378 e. The first kappa shape index (κ1) is 16.4. The number of ether oxygens (including phenoxy) is 1. The predicted molar refractivity (Wildman–Crippen MR) is 82.2 cm³/mol. The fourth-order valence-electron chi connectivity index (χ4n) is 2.64. The Hall–Kier alpha value is -0.940. The van der Waals surface area contributed by atoms with Crippen molar-refractivity contribution in [2.75, 3.05) is 13.2 Å². The van der Waals surface area contributed by atoms with E-state index in [0.29, 0.717) is 6.04 Å². The van der Waals surface area contributed by atoms with E-state index in [1.807, 2.05) is 0 Å². The molecule has 0 saturated carbocycles. The van der Waals surface area contributed by atoms with Gasteiger partial charge in [-0.1, -0.05) is 32.9 Å². The zero-order valence-corrected chi connectivity index (χ0v) is 13.8. The van der Waals surface area contributed by atoms with Crippen LogP contribution < -0.4 is 5.32 Å². The predicted octanol–water partition coefficient (Wildman–Crippen LogP) is 2.75. The van der Waals surface area contributed by atoms with Crippen molar-refractivity contribution in [2.24, 2.45) is 5.41 Å². The summed E-state index contributed by atoms with van der Waals surface area (Å²) in [6.45, 7) is 10.8. The van der Waals surface area contributed by atoms with E-state index in [4.69, 9.17) is 9.26 Å². The third kappa shape index (κ3) is 5.08. The molecule has 2 rings (SSSR count). The van der Waals surface area contributed by atoms with Crippen LogP contribution in [0.1, 0.15) is 58.7 Å². The summed E-state index contributed by atoms with van der Waals surface area (Å²) in [5, 5.41) is 7.69. The van der Waals surface area contributed by atoms with Crippen LogP contribution in [0.15, 0.2) is 4.52 Å². The van der Waals surface area contributed by atoms with Gasteiger partial charge in [-0.3, -0.25) is 0 Å². The molecule has 0 aromatic carbocycles. The molecule has 1 aliphatic rings. The van der Waals surface area contributed by atoms with Gasteiger partial charge in [0.15, 0.2) is 5.82 Å². The van der Waals surface area contributed by atoms with Gasteiger partial charge in [0.25, 0.3) is 0 Å². The quantitative estimate of drug-likeness (QED) is 0.838. The Kier molecular flexibility index (Phi) is 5.76. The van der Waals surface area contributed by atoms with Crippen molar-refractivity contribution in [3.63, 3.8) is 0 Å². The molecule has 2 heterocycles. The highest BCUT2D eigenvalue weighted by Crippen LogP contribution is 2.22. The molecule has 120 valence electrons. The number of hydrogen-bond donors (Lipinski definition) is 1. The Balaban J connectivity index is 1.92. The van der Waals surface area contributed by atoms with E-state index in [0.717, 1.165) is 57.0 Å². The SMILES string of the molecule is CCCNC(Cc1nc(CC2CCCO2)no1)C(C)(C)C. The van der Waals surface area contributed by atoms with Gasteiger partial charge in [-0.2, -0.15) is 4.98 Å². The molecule has 1 saturated heterocycles. The minimum atomic E-state index is 0.165. The van der Waals surface area contributed by atoms with Crippen LogP contribution in [0.5, 0.6) is 0 Å². The Morgan fingerprint density at radius 3 is 2.81 bits per heavy atom. The third-order valence-corrected chi connectivity index (χ3v) is 4.01. The van der Waals surface area contributed by atoms with E-state index in [9.17, 15) is 0 Å². The second-order valence-electron chi connectivity index (χ2n) is 7.02. The summed E-state index contributed by atoms with van der Waals surface area (Å²) >= 11 is 0. The van der Waals surface area contributed by atoms with Crippen LogP contribution >= 0.6 is 0 Å². The highest BCUT2D eigenvalue weighted by Gasteiger charge is 2.27. The van der Waals surface area contributed by atoms with E-state index in [-0.39, 0.29) is 11.5 Å². The smallest absolute Gasteiger partial charge is 0.228 e. The summed E-state index contributed by atoms with van der Waals surface area (Å²) in [5.74, 6) is 1.51. The number of nitrogens with one attached hydrogen (secondary N) is 1. The van der Waals surface area contributed by atoms with E-state index in [1.54, 1.807) is 0 Å². The molecule has 0 radical (unpaired) electrons. The molecule has 1 aromatic heterocycles. The maximum absolute atomic E-state index is 5.62. The molecule has 1 aromatic rings. The molecule has 0 amide bonds. The molecule has 5 nitrogen and oxygen atoms in total. The number of nitrogens with zero attached hydrogens (tertiary/aromatic N) is 2. The first-order chi connectivity index (χ1) is 9.99. The van der Waals surface area contributed by atoms with Crippen LogP contribution in [0.4, 0.5) is 0 Å². The second kappa shape index (κ2) is 7.36. The fraction of sp³-hybridized carbons (Fsp3) is 0.875. The van der Waals surface area contributed by atoms with Crippen LogP contribution in [0.3, 0.4) is 0 Å². The van der Waals surface area contributed by atoms with Crippen molar-refractivity contribution in [3.05, 3.63) is 11.7 Å².